The zero-order valence-electron chi connectivity index (χ0n) is 14.9. The number of rotatable bonds is 7. The van der Waals surface area contributed by atoms with E-state index in [-0.39, 0.29) is 11.8 Å². The largest absolute Gasteiger partial charge is 0.300 e. The van der Waals surface area contributed by atoms with Crippen molar-refractivity contribution in [2.75, 3.05) is 6.54 Å². The van der Waals surface area contributed by atoms with Crippen LogP contribution in [0.2, 0.25) is 0 Å². The Labute approximate surface area is 159 Å². The molecule has 3 nitrogen and oxygen atoms in total. The van der Waals surface area contributed by atoms with E-state index in [0.29, 0.717) is 10.5 Å². The van der Waals surface area contributed by atoms with E-state index in [1.165, 1.54) is 16.7 Å². The summed E-state index contributed by atoms with van der Waals surface area (Å²) in [5.41, 5.74) is 4.82. The van der Waals surface area contributed by atoms with Crippen LogP contribution in [0.5, 0.6) is 0 Å². The summed E-state index contributed by atoms with van der Waals surface area (Å²) in [6, 6.07) is 6.92. The fraction of sp³-hybridized carbons (Fsp3) is 0.500. The minimum absolute atomic E-state index is 0.279. The molecule has 0 aromatic heterocycles. The van der Waals surface area contributed by atoms with Crippen molar-refractivity contribution in [3.05, 3.63) is 41.5 Å². The molecule has 130 valence electrons. The first-order valence-corrected chi connectivity index (χ1v) is 9.83. The molecule has 0 aliphatic carbocycles. The number of Topliss-reactive ketones (excluding diaryl/α,β-unsaturated/α-hetero) is 1. The summed E-state index contributed by atoms with van der Waals surface area (Å²) in [5.74, 6) is 0.279. The maximum atomic E-state index is 11.0. The zero-order valence-corrected chi connectivity index (χ0v) is 17.0. The average molecular weight is 438 g/mol. The minimum Gasteiger partial charge on any atom is -0.300 e. The van der Waals surface area contributed by atoms with Gasteiger partial charge in [0.15, 0.2) is 0 Å². The number of benzene rings is 1. The van der Waals surface area contributed by atoms with Gasteiger partial charge in [-0.1, -0.05) is 46.9 Å². The zero-order chi connectivity index (χ0) is 17.7. The predicted octanol–water partition coefficient (Wildman–Crippen LogP) is 5.40. The quantitative estimate of drug-likeness (QED) is 0.188. The van der Waals surface area contributed by atoms with Crippen LogP contribution in [-0.4, -0.2) is 29.5 Å². The lowest BCUT2D eigenvalue weighted by molar-refractivity contribution is -0.117. The molecule has 1 heterocycles. The van der Waals surface area contributed by atoms with E-state index in [4.69, 9.17) is 4.99 Å². The molecule has 0 fully saturated rings. The highest BCUT2D eigenvalue weighted by Crippen LogP contribution is 2.38. The van der Waals surface area contributed by atoms with Gasteiger partial charge in [0.05, 0.1) is 9.74 Å². The Bertz CT molecular complexity index is 639. The second-order valence-electron chi connectivity index (χ2n) is 6.79. The van der Waals surface area contributed by atoms with Gasteiger partial charge in [0, 0.05) is 30.8 Å². The van der Waals surface area contributed by atoms with Gasteiger partial charge in [0.2, 0.25) is 0 Å². The molecule has 1 aromatic rings. The van der Waals surface area contributed by atoms with E-state index in [1.54, 1.807) is 6.92 Å². The molecule has 0 bridgehead atoms. The number of carbonyl (C=O) groups excluding carboxylic acids is 1. The van der Waals surface area contributed by atoms with Crippen molar-refractivity contribution >= 4 is 40.3 Å². The van der Waals surface area contributed by atoms with Crippen LogP contribution in [-0.2, 0) is 11.2 Å². The first kappa shape index (κ1) is 19.3. The van der Waals surface area contributed by atoms with Crippen LogP contribution in [0.15, 0.2) is 35.3 Å². The van der Waals surface area contributed by atoms with Crippen LogP contribution in [0.25, 0.3) is 0 Å². The number of aliphatic imine (C=N–C) groups is 1. The summed E-state index contributed by atoms with van der Waals surface area (Å²) >= 11 is 2.50. The standard InChI is InChI=1S/C20H27IN2O/c1-14(2)13-23-15(3)12-22-19-11-17(8-6-5-7-16(4)24)9-10-18(19)20(23)21/h9-12,15,20H,1,5-8,13H2,2-4H3. The van der Waals surface area contributed by atoms with Gasteiger partial charge in [-0.2, -0.15) is 0 Å². The lowest BCUT2D eigenvalue weighted by Gasteiger charge is -2.30. The van der Waals surface area contributed by atoms with Crippen molar-refractivity contribution in [1.29, 1.82) is 0 Å². The van der Waals surface area contributed by atoms with Crippen molar-refractivity contribution in [3.8, 4) is 0 Å². The van der Waals surface area contributed by atoms with E-state index >= 15 is 0 Å². The number of unbranched alkanes of at least 4 members (excludes halogenated alkanes) is 1. The van der Waals surface area contributed by atoms with E-state index in [1.807, 2.05) is 6.21 Å². The van der Waals surface area contributed by atoms with Crippen molar-refractivity contribution in [3.63, 3.8) is 0 Å². The maximum Gasteiger partial charge on any atom is 0.129 e. The fourth-order valence-corrected chi connectivity index (χ4v) is 4.19. The van der Waals surface area contributed by atoms with E-state index in [9.17, 15) is 4.79 Å². The Balaban J connectivity index is 2.13. The molecule has 2 atom stereocenters. The molecule has 0 spiro atoms. The van der Waals surface area contributed by atoms with Gasteiger partial charge in [0.1, 0.15) is 5.78 Å². The molecule has 0 N–H and O–H groups in total. The molecule has 1 aliphatic heterocycles. The van der Waals surface area contributed by atoms with Crippen LogP contribution in [0.4, 0.5) is 5.69 Å². The van der Waals surface area contributed by atoms with Gasteiger partial charge in [-0.25, -0.2) is 0 Å². The molecule has 0 amide bonds. The number of halogens is 1. The van der Waals surface area contributed by atoms with Crippen LogP contribution in [0, 0.1) is 0 Å². The smallest absolute Gasteiger partial charge is 0.129 e. The third kappa shape index (κ3) is 5.24. The van der Waals surface area contributed by atoms with Crippen LogP contribution < -0.4 is 0 Å². The first-order valence-electron chi connectivity index (χ1n) is 8.59. The number of fused-ring (bicyclic) bond motifs is 1. The van der Waals surface area contributed by atoms with Crippen molar-refractivity contribution in [2.45, 2.75) is 56.5 Å². The lowest BCUT2D eigenvalue weighted by atomic mass is 10.0. The fourth-order valence-electron chi connectivity index (χ4n) is 2.96. The summed E-state index contributed by atoms with van der Waals surface area (Å²) < 4.78 is 0.290. The summed E-state index contributed by atoms with van der Waals surface area (Å²) in [6.45, 7) is 10.9. The number of carbonyl (C=O) groups is 1. The number of alkyl halides is 1. The Hall–Kier alpha value is -1.01. The Kier molecular flexibility index (Phi) is 7.16. The Morgan fingerprint density at radius 1 is 1.33 bits per heavy atom. The van der Waals surface area contributed by atoms with Gasteiger partial charge in [0.25, 0.3) is 0 Å². The van der Waals surface area contributed by atoms with Crippen molar-refractivity contribution in [1.82, 2.24) is 4.90 Å². The highest BCUT2D eigenvalue weighted by atomic mass is 127. The second kappa shape index (κ2) is 8.90. The summed E-state index contributed by atoms with van der Waals surface area (Å²) in [7, 11) is 0. The minimum atomic E-state index is 0.279. The SMILES string of the molecule is C=C(C)CN1C(C)C=Nc2cc(CCCCC(C)=O)ccc2C1I. The maximum absolute atomic E-state index is 11.0. The number of nitrogens with zero attached hydrogens (tertiary/aromatic N) is 2. The van der Waals surface area contributed by atoms with E-state index in [2.05, 4.69) is 66.1 Å². The van der Waals surface area contributed by atoms with E-state index < -0.39 is 0 Å². The van der Waals surface area contributed by atoms with E-state index in [0.717, 1.165) is 31.5 Å². The Morgan fingerprint density at radius 3 is 2.75 bits per heavy atom. The highest BCUT2D eigenvalue weighted by molar-refractivity contribution is 14.1. The molecule has 1 aromatic carbocycles. The number of hydrogen-bond acceptors (Lipinski definition) is 3. The topological polar surface area (TPSA) is 32.7 Å². The van der Waals surface area contributed by atoms with Gasteiger partial charge in [-0.3, -0.25) is 9.89 Å². The molecule has 4 heteroatoms. The molecule has 1 aliphatic rings. The van der Waals surface area contributed by atoms with Gasteiger partial charge >= 0.3 is 0 Å². The van der Waals surface area contributed by atoms with Gasteiger partial charge in [-0.05, 0) is 51.7 Å². The number of ketones is 1. The molecule has 2 unspecified atom stereocenters. The predicted molar refractivity (Wildman–Crippen MR) is 111 cm³/mol. The van der Waals surface area contributed by atoms with Crippen molar-refractivity contribution < 1.29 is 4.79 Å². The Morgan fingerprint density at radius 2 is 2.08 bits per heavy atom. The molecular formula is C20H27IN2O. The third-order valence-corrected chi connectivity index (χ3v) is 5.68. The highest BCUT2D eigenvalue weighted by Gasteiger charge is 2.26. The molecule has 0 saturated heterocycles. The number of aryl methyl sites for hydroxylation is 1. The lowest BCUT2D eigenvalue weighted by Crippen LogP contribution is -2.35. The summed E-state index contributed by atoms with van der Waals surface area (Å²) in [6.07, 6.45) is 5.75. The normalized spacial score (nSPS) is 20.5. The molecule has 2 rings (SSSR count). The summed E-state index contributed by atoms with van der Waals surface area (Å²) in [4.78, 5) is 18.2. The molecule has 0 radical (unpaired) electrons. The monoisotopic (exact) mass is 438 g/mol. The van der Waals surface area contributed by atoms with Crippen LogP contribution in [0.3, 0.4) is 0 Å². The third-order valence-electron chi connectivity index (χ3n) is 4.29. The average Bonchev–Trinajstić information content (AvgIpc) is 2.63. The van der Waals surface area contributed by atoms with Crippen molar-refractivity contribution in [2.24, 2.45) is 4.99 Å². The van der Waals surface area contributed by atoms with Crippen LogP contribution in [0.1, 0.15) is 55.2 Å². The van der Waals surface area contributed by atoms with Gasteiger partial charge < -0.3 is 4.79 Å². The van der Waals surface area contributed by atoms with Gasteiger partial charge in [-0.15, -0.1) is 0 Å². The van der Waals surface area contributed by atoms with Crippen LogP contribution >= 0.6 is 22.6 Å². The second-order valence-corrected chi connectivity index (χ2v) is 7.97. The molecule has 0 saturated carbocycles. The molecule has 24 heavy (non-hydrogen) atoms. The summed E-state index contributed by atoms with van der Waals surface area (Å²) in [5, 5.41) is 0. The molecular weight excluding hydrogens is 411 g/mol. The number of hydrogen-bond donors (Lipinski definition) is 0. The first-order chi connectivity index (χ1) is 11.4.